The van der Waals surface area contributed by atoms with E-state index in [1.165, 1.54) is 36.8 Å². The second kappa shape index (κ2) is 10.5. The van der Waals surface area contributed by atoms with E-state index in [9.17, 15) is 0 Å². The van der Waals surface area contributed by atoms with Crippen LogP contribution in [0.4, 0.5) is 0 Å². The van der Waals surface area contributed by atoms with Gasteiger partial charge in [-0.15, -0.1) is 18.8 Å². The molecule has 1 aromatic rings. The van der Waals surface area contributed by atoms with Crippen molar-refractivity contribution >= 4 is 0 Å². The van der Waals surface area contributed by atoms with E-state index in [4.69, 9.17) is 0 Å². The van der Waals surface area contributed by atoms with Crippen LogP contribution in [0.15, 0.2) is 24.4 Å². The summed E-state index contributed by atoms with van der Waals surface area (Å²) >= 11 is 0. The Kier molecular flexibility index (Phi) is 10.1. The van der Waals surface area contributed by atoms with Gasteiger partial charge in [-0.25, -0.2) is 12.2 Å². The summed E-state index contributed by atoms with van der Waals surface area (Å²) in [6.45, 7) is 4.42. The Morgan fingerprint density at radius 1 is 1.24 bits per heavy atom. The van der Waals surface area contributed by atoms with Crippen molar-refractivity contribution in [1.82, 2.24) is 4.98 Å². The van der Waals surface area contributed by atoms with Crippen LogP contribution in [0.25, 0.3) is 0 Å². The summed E-state index contributed by atoms with van der Waals surface area (Å²) in [5.74, 6) is 0. The van der Waals surface area contributed by atoms with E-state index < -0.39 is 0 Å². The number of aromatic amines is 1. The summed E-state index contributed by atoms with van der Waals surface area (Å²) in [6.07, 6.45) is 20.0. The van der Waals surface area contributed by atoms with Gasteiger partial charge in [0.1, 0.15) is 0 Å². The van der Waals surface area contributed by atoms with Crippen molar-refractivity contribution in [3.8, 4) is 0 Å². The minimum Gasteiger partial charge on any atom is -0.484 e. The van der Waals surface area contributed by atoms with Crippen LogP contribution in [-0.2, 0) is 32.3 Å². The summed E-state index contributed by atoms with van der Waals surface area (Å²) in [4.78, 5) is 3.04. The number of aryl methyl sites for hydroxylation is 2. The predicted octanol–water partition coefficient (Wildman–Crippen LogP) is 4.02. The van der Waals surface area contributed by atoms with Crippen LogP contribution in [-0.4, -0.2) is 4.98 Å². The SMILES string of the molecule is CCCc1[c-][nH]cc1CCC.[C-]1=CC=CC1.[Ru+2]. The largest absolute Gasteiger partial charge is 2.00 e. The second-order valence-corrected chi connectivity index (χ2v) is 3.92. The molecule has 0 radical (unpaired) electrons. The van der Waals surface area contributed by atoms with Gasteiger partial charge in [-0.1, -0.05) is 39.5 Å². The van der Waals surface area contributed by atoms with Gasteiger partial charge in [0.05, 0.1) is 0 Å². The van der Waals surface area contributed by atoms with Crippen LogP contribution in [0.5, 0.6) is 0 Å². The first-order valence-electron chi connectivity index (χ1n) is 6.17. The molecule has 0 bridgehead atoms. The van der Waals surface area contributed by atoms with Crippen LogP contribution in [0.1, 0.15) is 44.2 Å². The maximum absolute atomic E-state index is 3.17. The quantitative estimate of drug-likeness (QED) is 0.638. The molecule has 0 atom stereocenters. The van der Waals surface area contributed by atoms with E-state index in [1.807, 2.05) is 12.2 Å². The molecule has 17 heavy (non-hydrogen) atoms. The summed E-state index contributed by atoms with van der Waals surface area (Å²) in [5.41, 5.74) is 2.84. The molecule has 1 N–H and O–H groups in total. The van der Waals surface area contributed by atoms with Gasteiger partial charge in [-0.3, -0.25) is 6.08 Å². The fraction of sp³-hybridized carbons (Fsp3) is 0.467. The summed E-state index contributed by atoms with van der Waals surface area (Å²) < 4.78 is 0. The molecule has 1 aliphatic rings. The Morgan fingerprint density at radius 2 is 2.00 bits per heavy atom. The number of rotatable bonds is 4. The van der Waals surface area contributed by atoms with Crippen LogP contribution in [0, 0.1) is 12.3 Å². The molecule has 0 fully saturated rings. The van der Waals surface area contributed by atoms with Gasteiger partial charge < -0.3 is 4.98 Å². The Morgan fingerprint density at radius 3 is 2.47 bits per heavy atom. The monoisotopic (exact) mass is 317 g/mol. The second-order valence-electron chi connectivity index (χ2n) is 3.92. The molecule has 0 aliphatic heterocycles. The molecule has 2 rings (SSSR count). The van der Waals surface area contributed by atoms with Crippen molar-refractivity contribution in [3.05, 3.63) is 47.8 Å². The molecule has 94 valence electrons. The maximum Gasteiger partial charge on any atom is 2.00 e. The van der Waals surface area contributed by atoms with Gasteiger partial charge in [0.15, 0.2) is 0 Å². The van der Waals surface area contributed by atoms with Crippen molar-refractivity contribution < 1.29 is 19.5 Å². The van der Waals surface area contributed by atoms with Crippen LogP contribution >= 0.6 is 0 Å². The number of aromatic nitrogens is 1. The minimum absolute atomic E-state index is 0. The average molecular weight is 316 g/mol. The molecular weight excluding hydrogens is 295 g/mol. The number of hydrogen-bond donors (Lipinski definition) is 1. The fourth-order valence-electron chi connectivity index (χ4n) is 1.68. The normalized spacial score (nSPS) is 11.9. The van der Waals surface area contributed by atoms with E-state index in [0.29, 0.717) is 0 Å². The third kappa shape index (κ3) is 6.63. The molecule has 0 aromatic carbocycles. The number of nitrogens with one attached hydrogen (secondary N) is 1. The fourth-order valence-corrected chi connectivity index (χ4v) is 1.68. The molecule has 0 saturated carbocycles. The molecule has 0 unspecified atom stereocenters. The third-order valence-electron chi connectivity index (χ3n) is 2.46. The zero-order chi connectivity index (χ0) is 11.6. The molecule has 1 aromatic heterocycles. The van der Waals surface area contributed by atoms with E-state index in [0.717, 1.165) is 6.42 Å². The smallest absolute Gasteiger partial charge is 0.484 e. The molecule has 1 nitrogen and oxygen atoms in total. The Labute approximate surface area is 118 Å². The molecule has 2 heteroatoms. The zero-order valence-corrected chi connectivity index (χ0v) is 12.4. The summed E-state index contributed by atoms with van der Waals surface area (Å²) in [6, 6.07) is 0. The molecule has 1 heterocycles. The predicted molar refractivity (Wildman–Crippen MR) is 69.2 cm³/mol. The van der Waals surface area contributed by atoms with Gasteiger partial charge in [0, 0.05) is 0 Å². The van der Waals surface area contributed by atoms with Crippen molar-refractivity contribution in [2.75, 3.05) is 0 Å². The molecular formula is C15H21NRu. The van der Waals surface area contributed by atoms with Crippen LogP contribution < -0.4 is 0 Å². The van der Waals surface area contributed by atoms with Crippen molar-refractivity contribution in [2.24, 2.45) is 0 Å². The van der Waals surface area contributed by atoms with Crippen molar-refractivity contribution in [1.29, 1.82) is 0 Å². The van der Waals surface area contributed by atoms with Crippen LogP contribution in [0.3, 0.4) is 0 Å². The van der Waals surface area contributed by atoms with Gasteiger partial charge in [0.25, 0.3) is 0 Å². The zero-order valence-electron chi connectivity index (χ0n) is 10.7. The number of hydrogen-bond acceptors (Lipinski definition) is 0. The van der Waals surface area contributed by atoms with E-state index in [1.54, 1.807) is 0 Å². The summed E-state index contributed by atoms with van der Waals surface area (Å²) in [5, 5.41) is 0. The third-order valence-corrected chi connectivity index (χ3v) is 2.46. The topological polar surface area (TPSA) is 15.8 Å². The average Bonchev–Trinajstić information content (AvgIpc) is 2.93. The first-order valence-corrected chi connectivity index (χ1v) is 6.17. The van der Waals surface area contributed by atoms with Gasteiger partial charge in [0.2, 0.25) is 0 Å². The first kappa shape index (κ1) is 16.4. The van der Waals surface area contributed by atoms with Crippen LogP contribution in [0.2, 0.25) is 0 Å². The minimum atomic E-state index is 0. The van der Waals surface area contributed by atoms with Gasteiger partial charge in [-0.05, 0) is 0 Å². The van der Waals surface area contributed by atoms with E-state index in [-0.39, 0.29) is 19.5 Å². The number of H-pyrrole nitrogens is 1. The molecule has 0 saturated heterocycles. The Hall–Kier alpha value is -0.617. The standard InChI is InChI=1S/C10H16N.C5H5.Ru/c1-3-5-9-7-11-8-10(9)6-4-2;1-2-4-5-3-1;/h7,11H,3-6H2,1-2H3;1-3H,4H2;/q2*-1;+2. The first-order chi connectivity index (χ1) is 7.88. The van der Waals surface area contributed by atoms with Gasteiger partial charge in [-0.2, -0.15) is 17.2 Å². The van der Waals surface area contributed by atoms with E-state index in [2.05, 4.69) is 43.4 Å². The van der Waals surface area contributed by atoms with Gasteiger partial charge >= 0.3 is 19.5 Å². The molecule has 1 aliphatic carbocycles. The Bertz CT molecular complexity index is 306. The van der Waals surface area contributed by atoms with Crippen molar-refractivity contribution in [2.45, 2.75) is 46.0 Å². The van der Waals surface area contributed by atoms with E-state index >= 15 is 0 Å². The maximum atomic E-state index is 3.17. The van der Waals surface area contributed by atoms with Crippen molar-refractivity contribution in [3.63, 3.8) is 0 Å². The molecule has 0 amide bonds. The number of allylic oxidation sites excluding steroid dienone is 4. The Balaban J connectivity index is 0.000000360. The molecule has 0 spiro atoms. The summed E-state index contributed by atoms with van der Waals surface area (Å²) in [7, 11) is 0.